The number of pyridine rings is 1. The summed E-state index contributed by atoms with van der Waals surface area (Å²) in [6, 6.07) is 4.21. The van der Waals surface area contributed by atoms with Gasteiger partial charge in [-0.15, -0.1) is 12.4 Å². The van der Waals surface area contributed by atoms with Crippen LogP contribution in [-0.4, -0.2) is 58.0 Å². The molecule has 2 amide bonds. The second kappa shape index (κ2) is 9.20. The number of amides is 2. The minimum atomic E-state index is -0.707. The summed E-state index contributed by atoms with van der Waals surface area (Å²) in [4.78, 5) is 43.1. The summed E-state index contributed by atoms with van der Waals surface area (Å²) in [7, 11) is 1.79. The second-order valence-electron chi connectivity index (χ2n) is 8.80. The van der Waals surface area contributed by atoms with Crippen molar-refractivity contribution in [2.24, 2.45) is 5.92 Å². The summed E-state index contributed by atoms with van der Waals surface area (Å²) in [5.74, 6) is -1.81. The third-order valence-corrected chi connectivity index (χ3v) is 6.96. The topological polar surface area (TPSA) is 94.9 Å². The SMILES string of the molecule is CNCCN1C(=O)c2c3c(c(O)c(=O)n2C1C1CC1)C(=O)N(Cc1ccc(F)c(Cl)c1)CC3.Cl. The number of nitrogens with one attached hydrogen (secondary N) is 1. The molecule has 3 heterocycles. The van der Waals surface area contributed by atoms with E-state index < -0.39 is 29.2 Å². The Hall–Kier alpha value is -2.62. The molecule has 0 bridgehead atoms. The summed E-state index contributed by atoms with van der Waals surface area (Å²) in [6.45, 7) is 1.43. The molecule has 1 atom stereocenters. The van der Waals surface area contributed by atoms with Crippen LogP contribution < -0.4 is 10.9 Å². The fraction of sp³-hybridized carbons (Fsp3) is 0.435. The van der Waals surface area contributed by atoms with Crippen LogP contribution in [0, 0.1) is 11.7 Å². The lowest BCUT2D eigenvalue weighted by atomic mass is 9.95. The predicted molar refractivity (Wildman–Crippen MR) is 126 cm³/mol. The van der Waals surface area contributed by atoms with Gasteiger partial charge in [0.15, 0.2) is 5.75 Å². The van der Waals surface area contributed by atoms with Crippen molar-refractivity contribution in [2.45, 2.75) is 32.0 Å². The Balaban J connectivity index is 0.00000274. The summed E-state index contributed by atoms with van der Waals surface area (Å²) in [5, 5.41) is 13.8. The zero-order valence-corrected chi connectivity index (χ0v) is 20.1. The molecule has 0 radical (unpaired) electrons. The number of likely N-dealkylation sites (N-methyl/N-ethyl adjacent to an activating group) is 1. The van der Waals surface area contributed by atoms with Crippen LogP contribution in [0.5, 0.6) is 5.75 Å². The molecular weight excluding hydrogens is 486 g/mol. The minimum absolute atomic E-state index is 0. The number of hydrogen-bond donors (Lipinski definition) is 2. The molecule has 1 fully saturated rings. The highest BCUT2D eigenvalue weighted by Gasteiger charge is 2.49. The van der Waals surface area contributed by atoms with Crippen molar-refractivity contribution in [3.63, 3.8) is 0 Å². The number of rotatable bonds is 6. The van der Waals surface area contributed by atoms with E-state index >= 15 is 0 Å². The Bertz CT molecular complexity index is 1230. The first-order valence-electron chi connectivity index (χ1n) is 11.0. The number of aromatic hydroxyl groups is 1. The first kappa shape index (κ1) is 24.5. The minimum Gasteiger partial charge on any atom is -0.502 e. The average molecular weight is 511 g/mol. The number of nitrogens with zero attached hydrogens (tertiary/aromatic N) is 3. The maximum atomic E-state index is 13.5. The van der Waals surface area contributed by atoms with E-state index in [1.807, 2.05) is 0 Å². The number of fused-ring (bicyclic) bond motifs is 3. The van der Waals surface area contributed by atoms with Crippen molar-refractivity contribution in [2.75, 3.05) is 26.7 Å². The fourth-order valence-corrected chi connectivity index (χ4v) is 5.13. The summed E-state index contributed by atoms with van der Waals surface area (Å²) in [5.41, 5.74) is 0.454. The van der Waals surface area contributed by atoms with Gasteiger partial charge >= 0.3 is 0 Å². The van der Waals surface area contributed by atoms with Crippen molar-refractivity contribution in [3.8, 4) is 5.75 Å². The number of benzene rings is 1. The summed E-state index contributed by atoms with van der Waals surface area (Å²) < 4.78 is 14.9. The van der Waals surface area contributed by atoms with Crippen molar-refractivity contribution in [3.05, 3.63) is 61.8 Å². The number of hydrogen-bond acceptors (Lipinski definition) is 5. The van der Waals surface area contributed by atoms with Crippen LogP contribution in [0.1, 0.15) is 51.0 Å². The summed E-state index contributed by atoms with van der Waals surface area (Å²) in [6.07, 6.45) is 1.70. The molecule has 34 heavy (non-hydrogen) atoms. The van der Waals surface area contributed by atoms with Crippen molar-refractivity contribution in [1.29, 1.82) is 0 Å². The molecule has 1 aromatic carbocycles. The number of halogens is 3. The average Bonchev–Trinajstić information content (AvgIpc) is 3.58. The van der Waals surface area contributed by atoms with Gasteiger partial charge in [0, 0.05) is 31.7 Å². The van der Waals surface area contributed by atoms with E-state index in [0.717, 1.165) is 12.8 Å². The normalized spacial score (nSPS) is 19.2. The monoisotopic (exact) mass is 510 g/mol. The van der Waals surface area contributed by atoms with Gasteiger partial charge in [-0.05, 0) is 49.9 Å². The number of carbonyl (C=O) groups excluding carboxylic acids is 2. The van der Waals surface area contributed by atoms with E-state index in [-0.39, 0.29) is 47.1 Å². The highest BCUT2D eigenvalue weighted by molar-refractivity contribution is 6.30. The maximum absolute atomic E-state index is 13.5. The Labute approximate surface area is 206 Å². The Morgan fingerprint density at radius 2 is 1.94 bits per heavy atom. The second-order valence-corrected chi connectivity index (χ2v) is 9.21. The largest absolute Gasteiger partial charge is 0.502 e. The zero-order chi connectivity index (χ0) is 23.4. The van der Waals surface area contributed by atoms with Gasteiger partial charge in [-0.1, -0.05) is 17.7 Å². The molecule has 2 aromatic rings. The first-order valence-corrected chi connectivity index (χ1v) is 11.4. The molecule has 1 aliphatic carbocycles. The maximum Gasteiger partial charge on any atom is 0.295 e. The van der Waals surface area contributed by atoms with Crippen LogP contribution >= 0.6 is 24.0 Å². The third kappa shape index (κ3) is 3.85. The zero-order valence-electron chi connectivity index (χ0n) is 18.5. The molecule has 0 saturated heterocycles. The van der Waals surface area contributed by atoms with Crippen LogP contribution in [-0.2, 0) is 13.0 Å². The molecular formula is C23H25Cl2FN4O4. The van der Waals surface area contributed by atoms with Gasteiger partial charge in [0.1, 0.15) is 17.7 Å². The third-order valence-electron chi connectivity index (χ3n) is 6.67. The summed E-state index contributed by atoms with van der Waals surface area (Å²) >= 11 is 5.86. The highest BCUT2D eigenvalue weighted by atomic mass is 35.5. The molecule has 11 heteroatoms. The Kier molecular flexibility index (Phi) is 6.63. The van der Waals surface area contributed by atoms with Gasteiger partial charge < -0.3 is 20.2 Å². The molecule has 1 unspecified atom stereocenters. The standard InChI is InChI=1S/C23H24ClFN4O4.ClH/c1-26-7-9-28-20(13-3-4-13)29-18(22(28)32)14-6-8-27(21(31)17(14)19(30)23(29)33)11-12-2-5-16(25)15(24)10-12;/h2,5,10,13,20,26,30H,3-4,6-9,11H2,1H3;1H. The smallest absolute Gasteiger partial charge is 0.295 e. The highest BCUT2D eigenvalue weighted by Crippen LogP contribution is 2.46. The van der Waals surface area contributed by atoms with Gasteiger partial charge in [-0.3, -0.25) is 19.0 Å². The van der Waals surface area contributed by atoms with Crippen LogP contribution in [0.15, 0.2) is 23.0 Å². The van der Waals surface area contributed by atoms with Gasteiger partial charge in [0.05, 0.1) is 10.6 Å². The number of aromatic nitrogens is 1. The van der Waals surface area contributed by atoms with E-state index in [4.69, 9.17) is 11.6 Å². The van der Waals surface area contributed by atoms with Crippen LogP contribution in [0.4, 0.5) is 4.39 Å². The van der Waals surface area contributed by atoms with Crippen molar-refractivity contribution < 1.29 is 19.1 Å². The quantitative estimate of drug-likeness (QED) is 0.622. The van der Waals surface area contributed by atoms with Crippen LogP contribution in [0.3, 0.4) is 0 Å². The molecule has 0 spiro atoms. The van der Waals surface area contributed by atoms with E-state index in [2.05, 4.69) is 5.32 Å². The Morgan fingerprint density at radius 1 is 1.21 bits per heavy atom. The molecule has 5 rings (SSSR count). The van der Waals surface area contributed by atoms with Gasteiger partial charge in [-0.2, -0.15) is 0 Å². The molecule has 2 N–H and O–H groups in total. The molecule has 1 aromatic heterocycles. The first-order chi connectivity index (χ1) is 15.8. The molecule has 3 aliphatic rings. The molecule has 182 valence electrons. The van der Waals surface area contributed by atoms with Crippen LogP contribution in [0.25, 0.3) is 0 Å². The van der Waals surface area contributed by atoms with Gasteiger partial charge in [-0.25, -0.2) is 4.39 Å². The molecule has 2 aliphatic heterocycles. The lowest BCUT2D eigenvalue weighted by Gasteiger charge is -2.30. The van der Waals surface area contributed by atoms with Crippen LogP contribution in [0.2, 0.25) is 5.02 Å². The van der Waals surface area contributed by atoms with Gasteiger partial charge in [0.2, 0.25) is 0 Å². The fourth-order valence-electron chi connectivity index (χ4n) is 4.92. The lowest BCUT2D eigenvalue weighted by Crippen LogP contribution is -2.40. The number of carbonyl (C=O) groups is 2. The van der Waals surface area contributed by atoms with E-state index in [1.165, 1.54) is 27.7 Å². The van der Waals surface area contributed by atoms with Crippen molar-refractivity contribution >= 4 is 35.8 Å². The van der Waals surface area contributed by atoms with Gasteiger partial charge in [0.25, 0.3) is 17.4 Å². The van der Waals surface area contributed by atoms with E-state index in [1.54, 1.807) is 11.9 Å². The van der Waals surface area contributed by atoms with Crippen molar-refractivity contribution in [1.82, 2.24) is 19.7 Å². The lowest BCUT2D eigenvalue weighted by molar-refractivity contribution is 0.0669. The van der Waals surface area contributed by atoms with E-state index in [9.17, 15) is 23.9 Å². The molecule has 1 saturated carbocycles. The Morgan fingerprint density at radius 3 is 2.59 bits per heavy atom. The molecule has 8 nitrogen and oxygen atoms in total. The van der Waals surface area contributed by atoms with E-state index in [0.29, 0.717) is 37.2 Å². The predicted octanol–water partition coefficient (Wildman–Crippen LogP) is 2.55.